The van der Waals surface area contributed by atoms with E-state index >= 15 is 0 Å². The SMILES string of the molecule is CC/C=C\C/C=C\C/C=C\CCCCCCCC(=O)OC[C@H](COC(=O)CCCCCCCCCCCCCCCCC)OC(=O)CCCCCC/C=C\C/C=C\C/C=C\CCCCC. The van der Waals surface area contributed by atoms with Crippen LogP contribution in [0.15, 0.2) is 72.9 Å². The maximum Gasteiger partial charge on any atom is 0.306 e. The molecule has 0 heterocycles. The zero-order valence-corrected chi connectivity index (χ0v) is 42.7. The monoisotopic (exact) mass is 907 g/mol. The van der Waals surface area contributed by atoms with Gasteiger partial charge in [0.15, 0.2) is 6.10 Å². The van der Waals surface area contributed by atoms with E-state index in [9.17, 15) is 14.4 Å². The molecule has 0 saturated heterocycles. The molecule has 0 bridgehead atoms. The molecule has 0 spiro atoms. The van der Waals surface area contributed by atoms with Crippen molar-refractivity contribution in [3.63, 3.8) is 0 Å². The Kier molecular flexibility index (Phi) is 50.9. The number of unbranched alkanes of at least 4 members (excludes halogenated alkanes) is 26. The van der Waals surface area contributed by atoms with E-state index in [2.05, 4.69) is 93.7 Å². The molecule has 0 aliphatic rings. The van der Waals surface area contributed by atoms with Gasteiger partial charge < -0.3 is 14.2 Å². The number of hydrogen-bond acceptors (Lipinski definition) is 6. The van der Waals surface area contributed by atoms with Gasteiger partial charge in [0.05, 0.1) is 0 Å². The van der Waals surface area contributed by atoms with Gasteiger partial charge in [-0.3, -0.25) is 14.4 Å². The summed E-state index contributed by atoms with van der Waals surface area (Å²) in [6.07, 6.45) is 67.4. The second-order valence-corrected chi connectivity index (χ2v) is 18.1. The number of hydrogen-bond donors (Lipinski definition) is 0. The summed E-state index contributed by atoms with van der Waals surface area (Å²) < 4.78 is 16.8. The summed E-state index contributed by atoms with van der Waals surface area (Å²) in [4.78, 5) is 38.1. The fraction of sp³-hybridized carbons (Fsp3) is 0.746. The number of esters is 3. The van der Waals surface area contributed by atoms with Gasteiger partial charge in [-0.2, -0.15) is 0 Å². The summed E-state index contributed by atoms with van der Waals surface area (Å²) in [5.74, 6) is -0.921. The first kappa shape index (κ1) is 61.9. The molecule has 0 amide bonds. The first-order valence-electron chi connectivity index (χ1n) is 27.4. The second-order valence-electron chi connectivity index (χ2n) is 18.1. The molecule has 6 heteroatoms. The topological polar surface area (TPSA) is 78.9 Å². The molecule has 0 fully saturated rings. The van der Waals surface area contributed by atoms with Crippen molar-refractivity contribution in [1.29, 1.82) is 0 Å². The van der Waals surface area contributed by atoms with Crippen LogP contribution in [0.2, 0.25) is 0 Å². The van der Waals surface area contributed by atoms with E-state index in [4.69, 9.17) is 14.2 Å². The molecule has 65 heavy (non-hydrogen) atoms. The average Bonchev–Trinajstić information content (AvgIpc) is 3.30. The van der Waals surface area contributed by atoms with Gasteiger partial charge in [0.25, 0.3) is 0 Å². The number of carbonyl (C=O) groups excluding carboxylic acids is 3. The maximum absolute atomic E-state index is 12.8. The molecule has 1 atom stereocenters. The van der Waals surface area contributed by atoms with Gasteiger partial charge in [-0.25, -0.2) is 0 Å². The van der Waals surface area contributed by atoms with E-state index in [0.717, 1.165) is 122 Å². The standard InChI is InChI=1S/C59H102O6/c1-4-7-10-13-16-19-22-25-28-29-32-35-38-41-44-47-50-53-59(62)65-56(54-63-57(60)51-48-45-42-39-36-33-30-26-23-20-17-14-11-8-5-2)55-64-58(61)52-49-46-43-40-37-34-31-27-24-21-18-15-12-9-6-3/h8,11,16-17,19-20,25-26,28,30,32,35,56H,4-7,9-10,12-15,18,21-24,27,29,31,33-34,36-55H2,1-3H3/b11-8-,19-16-,20-17-,28-25-,30-26-,35-32-/t56-/m1/s1. The Labute approximate surface area is 402 Å². The first-order valence-corrected chi connectivity index (χ1v) is 27.4. The molecule has 0 aromatic carbocycles. The van der Waals surface area contributed by atoms with Gasteiger partial charge in [-0.05, 0) is 89.9 Å². The van der Waals surface area contributed by atoms with E-state index in [1.54, 1.807) is 0 Å². The molecular formula is C59H102O6. The maximum atomic E-state index is 12.8. The molecule has 0 aromatic rings. The predicted octanol–water partition coefficient (Wildman–Crippen LogP) is 18.2. The lowest BCUT2D eigenvalue weighted by Crippen LogP contribution is -2.30. The van der Waals surface area contributed by atoms with Gasteiger partial charge in [0.2, 0.25) is 0 Å². The minimum absolute atomic E-state index is 0.0884. The van der Waals surface area contributed by atoms with Crippen molar-refractivity contribution in [3.8, 4) is 0 Å². The first-order chi connectivity index (χ1) is 32.0. The summed E-state index contributed by atoms with van der Waals surface area (Å²) in [7, 11) is 0. The van der Waals surface area contributed by atoms with Crippen LogP contribution >= 0.6 is 0 Å². The van der Waals surface area contributed by atoms with E-state index in [1.807, 2.05) is 0 Å². The summed E-state index contributed by atoms with van der Waals surface area (Å²) >= 11 is 0. The lowest BCUT2D eigenvalue weighted by Gasteiger charge is -2.18. The second kappa shape index (κ2) is 53.5. The third-order valence-electron chi connectivity index (χ3n) is 11.7. The lowest BCUT2D eigenvalue weighted by molar-refractivity contribution is -0.167. The highest BCUT2D eigenvalue weighted by Gasteiger charge is 2.19. The van der Waals surface area contributed by atoms with Crippen molar-refractivity contribution >= 4 is 17.9 Å². The molecule has 0 N–H and O–H groups in total. The van der Waals surface area contributed by atoms with Crippen LogP contribution in [0.25, 0.3) is 0 Å². The normalized spacial score (nSPS) is 12.6. The summed E-state index contributed by atoms with van der Waals surface area (Å²) in [5, 5.41) is 0. The number of carbonyl (C=O) groups is 3. The molecule has 0 aromatic heterocycles. The number of rotatable bonds is 49. The summed E-state index contributed by atoms with van der Waals surface area (Å²) in [6, 6.07) is 0. The third-order valence-corrected chi connectivity index (χ3v) is 11.7. The van der Waals surface area contributed by atoms with Crippen LogP contribution < -0.4 is 0 Å². The Balaban J connectivity index is 4.44. The smallest absolute Gasteiger partial charge is 0.306 e. The van der Waals surface area contributed by atoms with Crippen molar-refractivity contribution < 1.29 is 28.6 Å². The molecule has 0 unspecified atom stereocenters. The van der Waals surface area contributed by atoms with Gasteiger partial charge in [0, 0.05) is 19.3 Å². The van der Waals surface area contributed by atoms with Gasteiger partial charge in [0.1, 0.15) is 13.2 Å². The van der Waals surface area contributed by atoms with E-state index in [1.165, 1.54) is 103 Å². The van der Waals surface area contributed by atoms with Crippen LogP contribution in [-0.4, -0.2) is 37.2 Å². The zero-order chi connectivity index (χ0) is 47.2. The van der Waals surface area contributed by atoms with Crippen LogP contribution in [0.5, 0.6) is 0 Å². The number of ether oxygens (including phenoxy) is 3. The van der Waals surface area contributed by atoms with Crippen LogP contribution in [-0.2, 0) is 28.6 Å². The largest absolute Gasteiger partial charge is 0.462 e. The van der Waals surface area contributed by atoms with Crippen LogP contribution in [0.1, 0.15) is 265 Å². The van der Waals surface area contributed by atoms with E-state index in [0.29, 0.717) is 19.3 Å². The van der Waals surface area contributed by atoms with Crippen molar-refractivity contribution in [2.75, 3.05) is 13.2 Å². The van der Waals surface area contributed by atoms with Crippen LogP contribution in [0.3, 0.4) is 0 Å². The zero-order valence-electron chi connectivity index (χ0n) is 42.7. The fourth-order valence-corrected chi connectivity index (χ4v) is 7.58. The highest BCUT2D eigenvalue weighted by Crippen LogP contribution is 2.15. The highest BCUT2D eigenvalue weighted by molar-refractivity contribution is 5.71. The summed E-state index contributed by atoms with van der Waals surface area (Å²) in [6.45, 7) is 6.48. The molecule has 0 aliphatic heterocycles. The molecule has 0 aliphatic carbocycles. The quantitative estimate of drug-likeness (QED) is 0.0262. The van der Waals surface area contributed by atoms with Gasteiger partial charge in [-0.1, -0.05) is 229 Å². The Hall–Kier alpha value is -3.15. The lowest BCUT2D eigenvalue weighted by atomic mass is 10.0. The minimum Gasteiger partial charge on any atom is -0.462 e. The van der Waals surface area contributed by atoms with Crippen molar-refractivity contribution in [1.82, 2.24) is 0 Å². The minimum atomic E-state index is -0.793. The molecule has 374 valence electrons. The van der Waals surface area contributed by atoms with Crippen molar-refractivity contribution in [3.05, 3.63) is 72.9 Å². The van der Waals surface area contributed by atoms with E-state index < -0.39 is 6.10 Å². The predicted molar refractivity (Wildman–Crippen MR) is 279 cm³/mol. The van der Waals surface area contributed by atoms with Crippen LogP contribution in [0.4, 0.5) is 0 Å². The molecule has 0 rings (SSSR count). The fourth-order valence-electron chi connectivity index (χ4n) is 7.58. The van der Waals surface area contributed by atoms with Crippen LogP contribution in [0, 0.1) is 0 Å². The Morgan fingerprint density at radius 1 is 0.323 bits per heavy atom. The molecule has 6 nitrogen and oxygen atoms in total. The Bertz CT molecular complexity index is 1230. The molecular weight excluding hydrogens is 805 g/mol. The summed E-state index contributed by atoms with van der Waals surface area (Å²) in [5.41, 5.74) is 0. The van der Waals surface area contributed by atoms with Gasteiger partial charge in [-0.15, -0.1) is 0 Å². The molecule has 0 radical (unpaired) electrons. The Morgan fingerprint density at radius 3 is 0.969 bits per heavy atom. The van der Waals surface area contributed by atoms with E-state index in [-0.39, 0.29) is 31.1 Å². The third kappa shape index (κ3) is 51.7. The molecule has 0 saturated carbocycles. The average molecular weight is 907 g/mol. The van der Waals surface area contributed by atoms with Crippen molar-refractivity contribution in [2.45, 2.75) is 271 Å². The highest BCUT2D eigenvalue weighted by atomic mass is 16.6. The van der Waals surface area contributed by atoms with Gasteiger partial charge >= 0.3 is 17.9 Å². The Morgan fingerprint density at radius 2 is 0.600 bits per heavy atom. The number of allylic oxidation sites excluding steroid dienone is 12. The van der Waals surface area contributed by atoms with Crippen molar-refractivity contribution in [2.24, 2.45) is 0 Å².